The molecule has 0 saturated carbocycles. The van der Waals surface area contributed by atoms with Crippen LogP contribution < -0.4 is 10.5 Å². The maximum Gasteiger partial charge on any atom is 0.274 e. The first kappa shape index (κ1) is 12.2. The predicted molar refractivity (Wildman–Crippen MR) is 67.3 cm³/mol. The van der Waals surface area contributed by atoms with E-state index in [1.807, 2.05) is 0 Å². The summed E-state index contributed by atoms with van der Waals surface area (Å²) in [7, 11) is 0. The number of anilines is 1. The standard InChI is InChI=1S/C10H7BrN4O3/c11-6-3-7(15(16)17)5-8(4-6)18-10-9(12)13-1-2-14-10/h1-5H,(H2,12,13). The Morgan fingerprint density at radius 1 is 1.28 bits per heavy atom. The predicted octanol–water partition coefficient (Wildman–Crippen LogP) is 2.52. The fourth-order valence-corrected chi connectivity index (χ4v) is 1.70. The molecule has 0 fully saturated rings. The van der Waals surface area contributed by atoms with Gasteiger partial charge in [0.1, 0.15) is 5.75 Å². The molecule has 0 bridgehead atoms. The number of ether oxygens (including phenoxy) is 1. The number of halogens is 1. The molecule has 1 aromatic heterocycles. The molecule has 0 amide bonds. The molecule has 7 nitrogen and oxygen atoms in total. The third-order valence-corrected chi connectivity index (χ3v) is 2.43. The van der Waals surface area contributed by atoms with Gasteiger partial charge in [-0.25, -0.2) is 9.97 Å². The minimum atomic E-state index is -0.516. The Bertz CT molecular complexity index is 605. The van der Waals surface area contributed by atoms with Crippen LogP contribution in [0.15, 0.2) is 35.1 Å². The molecule has 0 atom stereocenters. The summed E-state index contributed by atoms with van der Waals surface area (Å²) in [5.41, 5.74) is 5.46. The van der Waals surface area contributed by atoms with E-state index in [9.17, 15) is 10.1 Å². The van der Waals surface area contributed by atoms with Crippen molar-refractivity contribution in [2.75, 3.05) is 5.73 Å². The normalized spacial score (nSPS) is 10.1. The summed E-state index contributed by atoms with van der Waals surface area (Å²) in [6.07, 6.45) is 2.84. The summed E-state index contributed by atoms with van der Waals surface area (Å²) in [5.74, 6) is 0.466. The molecular weight excluding hydrogens is 304 g/mol. The summed E-state index contributed by atoms with van der Waals surface area (Å²) in [6.45, 7) is 0. The van der Waals surface area contributed by atoms with Gasteiger partial charge in [-0.15, -0.1) is 0 Å². The van der Waals surface area contributed by atoms with E-state index in [1.165, 1.54) is 24.5 Å². The van der Waals surface area contributed by atoms with E-state index in [0.29, 0.717) is 4.47 Å². The van der Waals surface area contributed by atoms with Crippen molar-refractivity contribution < 1.29 is 9.66 Å². The van der Waals surface area contributed by atoms with Crippen LogP contribution in [-0.4, -0.2) is 14.9 Å². The summed E-state index contributed by atoms with van der Waals surface area (Å²) in [6, 6.07) is 4.22. The van der Waals surface area contributed by atoms with Crippen LogP contribution in [0.25, 0.3) is 0 Å². The van der Waals surface area contributed by atoms with Gasteiger partial charge in [-0.1, -0.05) is 15.9 Å². The van der Waals surface area contributed by atoms with Crippen molar-refractivity contribution in [1.29, 1.82) is 0 Å². The average Bonchev–Trinajstić information content (AvgIpc) is 2.31. The Kier molecular flexibility index (Phi) is 3.38. The topological polar surface area (TPSA) is 104 Å². The third-order valence-electron chi connectivity index (χ3n) is 1.97. The summed E-state index contributed by atoms with van der Waals surface area (Å²) in [5, 5.41) is 10.7. The Balaban J connectivity index is 2.35. The zero-order chi connectivity index (χ0) is 13.1. The average molecular weight is 311 g/mol. The highest BCUT2D eigenvalue weighted by Gasteiger charge is 2.11. The second-order valence-corrected chi connectivity index (χ2v) is 4.17. The largest absolute Gasteiger partial charge is 0.436 e. The molecular formula is C10H7BrN4O3. The summed E-state index contributed by atoms with van der Waals surface area (Å²) in [4.78, 5) is 17.9. The van der Waals surface area contributed by atoms with E-state index in [1.54, 1.807) is 6.07 Å². The number of aromatic nitrogens is 2. The fraction of sp³-hybridized carbons (Fsp3) is 0. The lowest BCUT2D eigenvalue weighted by molar-refractivity contribution is -0.385. The third kappa shape index (κ3) is 2.72. The molecule has 0 aliphatic heterocycles. The number of hydrogen-bond acceptors (Lipinski definition) is 6. The summed E-state index contributed by atoms with van der Waals surface area (Å²) >= 11 is 3.16. The van der Waals surface area contributed by atoms with Gasteiger partial charge in [-0.2, -0.15) is 0 Å². The van der Waals surface area contributed by atoms with E-state index in [-0.39, 0.29) is 23.1 Å². The van der Waals surface area contributed by atoms with Gasteiger partial charge < -0.3 is 10.5 Å². The first-order valence-corrected chi connectivity index (χ1v) is 5.55. The molecule has 1 aromatic carbocycles. The lowest BCUT2D eigenvalue weighted by Gasteiger charge is -2.06. The van der Waals surface area contributed by atoms with E-state index in [0.717, 1.165) is 0 Å². The van der Waals surface area contributed by atoms with Crippen molar-refractivity contribution in [3.63, 3.8) is 0 Å². The second-order valence-electron chi connectivity index (χ2n) is 3.25. The highest BCUT2D eigenvalue weighted by molar-refractivity contribution is 9.10. The first-order valence-electron chi connectivity index (χ1n) is 4.75. The van der Waals surface area contributed by atoms with Crippen molar-refractivity contribution in [2.45, 2.75) is 0 Å². The van der Waals surface area contributed by atoms with E-state index < -0.39 is 4.92 Å². The van der Waals surface area contributed by atoms with Crippen LogP contribution in [-0.2, 0) is 0 Å². The monoisotopic (exact) mass is 310 g/mol. The number of rotatable bonds is 3. The number of nitrogens with zero attached hydrogens (tertiary/aromatic N) is 3. The van der Waals surface area contributed by atoms with Crippen molar-refractivity contribution in [3.8, 4) is 11.6 Å². The van der Waals surface area contributed by atoms with Crippen molar-refractivity contribution in [1.82, 2.24) is 9.97 Å². The quantitative estimate of drug-likeness (QED) is 0.690. The van der Waals surface area contributed by atoms with Gasteiger partial charge in [0.25, 0.3) is 11.6 Å². The molecule has 18 heavy (non-hydrogen) atoms. The number of non-ortho nitro benzene ring substituents is 1. The molecule has 0 aliphatic carbocycles. The SMILES string of the molecule is Nc1nccnc1Oc1cc(Br)cc([N+](=O)[O-])c1. The van der Waals surface area contributed by atoms with Crippen LogP contribution in [0.4, 0.5) is 11.5 Å². The number of hydrogen-bond donors (Lipinski definition) is 1. The van der Waals surface area contributed by atoms with Gasteiger partial charge in [-0.3, -0.25) is 10.1 Å². The summed E-state index contributed by atoms with van der Waals surface area (Å²) < 4.78 is 5.87. The number of nitrogens with two attached hydrogens (primary N) is 1. The number of benzene rings is 1. The van der Waals surface area contributed by atoms with Crippen LogP contribution in [0.1, 0.15) is 0 Å². The molecule has 8 heteroatoms. The smallest absolute Gasteiger partial charge is 0.274 e. The second kappa shape index (κ2) is 4.96. The molecule has 2 N–H and O–H groups in total. The Hall–Kier alpha value is -2.22. The molecule has 92 valence electrons. The number of nitro groups is 1. The molecule has 0 aliphatic rings. The first-order chi connectivity index (χ1) is 8.56. The van der Waals surface area contributed by atoms with E-state index >= 15 is 0 Å². The highest BCUT2D eigenvalue weighted by atomic mass is 79.9. The minimum Gasteiger partial charge on any atom is -0.436 e. The van der Waals surface area contributed by atoms with Crippen LogP contribution in [0.5, 0.6) is 11.6 Å². The van der Waals surface area contributed by atoms with Crippen LogP contribution in [0, 0.1) is 10.1 Å². The molecule has 0 spiro atoms. The molecule has 0 saturated heterocycles. The van der Waals surface area contributed by atoms with E-state index in [4.69, 9.17) is 10.5 Å². The lowest BCUT2D eigenvalue weighted by Crippen LogP contribution is -1.97. The van der Waals surface area contributed by atoms with Crippen molar-refractivity contribution in [3.05, 3.63) is 45.2 Å². The Morgan fingerprint density at radius 2 is 2.00 bits per heavy atom. The Morgan fingerprint density at radius 3 is 2.67 bits per heavy atom. The number of nitro benzene ring substituents is 1. The zero-order valence-electron chi connectivity index (χ0n) is 8.91. The van der Waals surface area contributed by atoms with Crippen molar-refractivity contribution in [2.24, 2.45) is 0 Å². The zero-order valence-corrected chi connectivity index (χ0v) is 10.5. The Labute approximate surface area is 110 Å². The molecule has 0 radical (unpaired) electrons. The lowest BCUT2D eigenvalue weighted by atomic mass is 10.3. The van der Waals surface area contributed by atoms with Gasteiger partial charge in [0.05, 0.1) is 11.0 Å². The fourth-order valence-electron chi connectivity index (χ4n) is 1.24. The molecule has 1 heterocycles. The molecule has 2 rings (SSSR count). The van der Waals surface area contributed by atoms with Crippen LogP contribution >= 0.6 is 15.9 Å². The van der Waals surface area contributed by atoms with Crippen LogP contribution in [0.2, 0.25) is 0 Å². The molecule has 0 unspecified atom stereocenters. The van der Waals surface area contributed by atoms with Gasteiger partial charge >= 0.3 is 0 Å². The van der Waals surface area contributed by atoms with Crippen LogP contribution in [0.3, 0.4) is 0 Å². The number of nitrogen functional groups attached to an aromatic ring is 1. The maximum absolute atomic E-state index is 10.7. The van der Waals surface area contributed by atoms with Crippen molar-refractivity contribution >= 4 is 27.4 Å². The maximum atomic E-state index is 10.7. The van der Waals surface area contributed by atoms with E-state index in [2.05, 4.69) is 25.9 Å². The highest BCUT2D eigenvalue weighted by Crippen LogP contribution is 2.30. The molecule has 2 aromatic rings. The van der Waals surface area contributed by atoms with Gasteiger partial charge in [0.15, 0.2) is 5.82 Å². The van der Waals surface area contributed by atoms with Gasteiger partial charge in [-0.05, 0) is 6.07 Å². The van der Waals surface area contributed by atoms with Gasteiger partial charge in [0, 0.05) is 22.9 Å². The minimum absolute atomic E-state index is 0.0955. The van der Waals surface area contributed by atoms with Gasteiger partial charge in [0.2, 0.25) is 0 Å².